The zero-order valence-corrected chi connectivity index (χ0v) is 32.2. The highest BCUT2D eigenvalue weighted by atomic mass is 28.4. The second-order valence-corrected chi connectivity index (χ2v) is 19.0. The predicted molar refractivity (Wildman–Crippen MR) is 207 cm³/mol. The fourth-order valence-corrected chi connectivity index (χ4v) is 11.6. The fourth-order valence-electron chi connectivity index (χ4n) is 7.95. The number of fused-ring (bicyclic) bond motifs is 2. The van der Waals surface area contributed by atoms with E-state index in [0.717, 1.165) is 21.5 Å². The Balaban J connectivity index is 1.37. The Morgan fingerprint density at radius 2 is 1.57 bits per heavy atom. The summed E-state index contributed by atoms with van der Waals surface area (Å²) in [6, 6.07) is 29.8. The van der Waals surface area contributed by atoms with Gasteiger partial charge in [0.1, 0.15) is 11.5 Å². The van der Waals surface area contributed by atoms with Crippen LogP contribution in [0.5, 0.6) is 11.8 Å². The average Bonchev–Trinajstić information content (AvgIpc) is 3.87. The molecule has 288 valence electrons. The van der Waals surface area contributed by atoms with E-state index in [1.54, 1.807) is 19.2 Å². The van der Waals surface area contributed by atoms with Crippen molar-refractivity contribution in [3.8, 4) is 45.5 Å². The van der Waals surface area contributed by atoms with Crippen LogP contribution in [-0.2, 0) is 13.6 Å². The first-order valence-corrected chi connectivity index (χ1v) is 20.2. The number of halogens is 4. The van der Waals surface area contributed by atoms with E-state index in [4.69, 9.17) is 14.5 Å². The number of aryl methyl sites for hydroxylation is 1. The van der Waals surface area contributed by atoms with E-state index >= 15 is 8.78 Å². The Morgan fingerprint density at radius 1 is 0.875 bits per heavy atom. The lowest BCUT2D eigenvalue weighted by Crippen LogP contribution is -2.65. The van der Waals surface area contributed by atoms with E-state index in [-0.39, 0.29) is 40.8 Å². The molecule has 2 atom stereocenters. The monoisotopic (exact) mass is 780 g/mol. The summed E-state index contributed by atoms with van der Waals surface area (Å²) in [5.41, 5.74) is 2.07. The van der Waals surface area contributed by atoms with Crippen molar-refractivity contribution in [2.45, 2.75) is 57.9 Å². The molecule has 5 aromatic rings. The highest BCUT2D eigenvalue weighted by Crippen LogP contribution is 2.51. The van der Waals surface area contributed by atoms with Crippen LogP contribution in [0.1, 0.15) is 56.5 Å². The second-order valence-electron chi connectivity index (χ2n) is 15.0. The van der Waals surface area contributed by atoms with Crippen molar-refractivity contribution in [2.24, 2.45) is 7.05 Å². The molecule has 3 aliphatic rings. The van der Waals surface area contributed by atoms with Gasteiger partial charge >= 0.3 is 6.61 Å². The van der Waals surface area contributed by atoms with Gasteiger partial charge in [-0.2, -0.15) is 13.9 Å². The Labute approximate surface area is 322 Å². The SMILES string of the molecule is Cn1cc(-c2c3cccn(Cc4ccccc4)c-3nc2-c2c(C(F)F)nn3c2OCCC3c2ccccc2[Si](O)(c2ccccc2)C(C)(C)C)c(OC(F)F)n1. The van der Waals surface area contributed by atoms with Gasteiger partial charge in [-0.15, -0.1) is 5.10 Å². The maximum absolute atomic E-state index is 15.4. The quantitative estimate of drug-likeness (QED) is 0.112. The minimum Gasteiger partial charge on any atom is -0.477 e. The van der Waals surface area contributed by atoms with Crippen molar-refractivity contribution in [3.63, 3.8) is 0 Å². The summed E-state index contributed by atoms with van der Waals surface area (Å²) in [5, 5.41) is 9.73. The first-order chi connectivity index (χ1) is 26.9. The lowest BCUT2D eigenvalue weighted by molar-refractivity contribution is -0.0527. The van der Waals surface area contributed by atoms with Gasteiger partial charge < -0.3 is 18.8 Å². The molecule has 2 aromatic heterocycles. The van der Waals surface area contributed by atoms with Crippen LogP contribution < -0.4 is 19.8 Å². The van der Waals surface area contributed by atoms with Gasteiger partial charge in [-0.25, -0.2) is 18.4 Å². The Kier molecular flexibility index (Phi) is 9.57. The molecule has 0 bridgehead atoms. The molecule has 5 heterocycles. The molecule has 8 rings (SSSR count). The molecule has 0 saturated heterocycles. The molecular formula is C42H40F4N6O3Si. The summed E-state index contributed by atoms with van der Waals surface area (Å²) < 4.78 is 74.4. The van der Waals surface area contributed by atoms with Gasteiger partial charge in [0, 0.05) is 43.5 Å². The topological polar surface area (TPSA) is 92.2 Å². The number of hydrogen-bond donors (Lipinski definition) is 1. The van der Waals surface area contributed by atoms with Crippen molar-refractivity contribution in [2.75, 3.05) is 6.61 Å². The molecule has 3 aromatic carbocycles. The zero-order chi connectivity index (χ0) is 39.4. The van der Waals surface area contributed by atoms with Crippen LogP contribution in [0.15, 0.2) is 109 Å². The lowest BCUT2D eigenvalue weighted by Gasteiger charge is -2.41. The normalized spacial score (nSPS) is 15.6. The third kappa shape index (κ3) is 6.35. The van der Waals surface area contributed by atoms with Crippen molar-refractivity contribution >= 4 is 18.7 Å². The van der Waals surface area contributed by atoms with Gasteiger partial charge in [-0.3, -0.25) is 4.68 Å². The standard InChI is InChI=1S/C42H40F4N6O3Si/c1-42(2,3)56(53,27-16-9-6-10-17-27)32-20-12-11-18-28(32)31-21-23-54-40-34(36(37(43)44)48-52(31)40)35-33(30-25-50(4)49-39(30)55-41(45)46)29-19-13-22-51(38(29)47-35)24-26-14-7-5-8-15-26/h5-20,22,25,31,37,41,53H,21,23-24H2,1-4H3. The molecule has 2 unspecified atom stereocenters. The summed E-state index contributed by atoms with van der Waals surface area (Å²) >= 11 is 0. The first kappa shape index (κ1) is 37.2. The number of aromatic nitrogens is 6. The van der Waals surface area contributed by atoms with Gasteiger partial charge in [0.05, 0.1) is 29.5 Å². The van der Waals surface area contributed by atoms with Gasteiger partial charge in [0.15, 0.2) is 0 Å². The smallest absolute Gasteiger partial charge is 0.388 e. The number of benzene rings is 3. The summed E-state index contributed by atoms with van der Waals surface area (Å²) in [4.78, 5) is 17.9. The maximum atomic E-state index is 15.4. The van der Waals surface area contributed by atoms with Gasteiger partial charge in [0.25, 0.3) is 14.7 Å². The molecule has 9 nitrogen and oxygen atoms in total. The van der Waals surface area contributed by atoms with Crippen LogP contribution in [0.3, 0.4) is 0 Å². The summed E-state index contributed by atoms with van der Waals surface area (Å²) in [6.45, 7) is 3.40. The van der Waals surface area contributed by atoms with Crippen molar-refractivity contribution < 1.29 is 31.8 Å². The molecule has 3 aliphatic heterocycles. The van der Waals surface area contributed by atoms with Crippen molar-refractivity contribution in [3.05, 3.63) is 126 Å². The fraction of sp³-hybridized carbons (Fsp3) is 0.262. The molecule has 0 radical (unpaired) electrons. The van der Waals surface area contributed by atoms with E-state index < -0.39 is 38.1 Å². The van der Waals surface area contributed by atoms with Gasteiger partial charge in [-0.1, -0.05) is 106 Å². The minimum atomic E-state index is -3.51. The van der Waals surface area contributed by atoms with Gasteiger partial charge in [-0.05, 0) is 38.7 Å². The molecule has 0 fully saturated rings. The second kappa shape index (κ2) is 14.4. The van der Waals surface area contributed by atoms with E-state index in [9.17, 15) is 13.6 Å². The molecule has 1 N–H and O–H groups in total. The number of alkyl halides is 4. The molecule has 56 heavy (non-hydrogen) atoms. The Hall–Kier alpha value is -5.73. The third-order valence-corrected chi connectivity index (χ3v) is 15.0. The molecule has 0 aliphatic carbocycles. The third-order valence-electron chi connectivity index (χ3n) is 10.5. The summed E-state index contributed by atoms with van der Waals surface area (Å²) in [5.74, 6) is 0.109. The zero-order valence-electron chi connectivity index (χ0n) is 31.2. The van der Waals surface area contributed by atoms with E-state index in [1.807, 2.05) is 116 Å². The number of ether oxygens (including phenoxy) is 2. The van der Waals surface area contributed by atoms with Crippen LogP contribution in [0.25, 0.3) is 33.8 Å². The van der Waals surface area contributed by atoms with E-state index in [1.165, 1.54) is 15.6 Å². The number of rotatable bonds is 10. The van der Waals surface area contributed by atoms with E-state index in [0.29, 0.717) is 24.4 Å². The highest BCUT2D eigenvalue weighted by molar-refractivity contribution is 6.98. The predicted octanol–water partition coefficient (Wildman–Crippen LogP) is 8.06. The van der Waals surface area contributed by atoms with Crippen LogP contribution in [-0.4, -0.2) is 55.4 Å². The Morgan fingerprint density at radius 3 is 2.27 bits per heavy atom. The molecule has 0 spiro atoms. The average molecular weight is 781 g/mol. The van der Waals surface area contributed by atoms with Crippen LogP contribution in [0.2, 0.25) is 5.04 Å². The maximum Gasteiger partial charge on any atom is 0.388 e. The lowest BCUT2D eigenvalue weighted by atomic mass is 9.98. The highest BCUT2D eigenvalue weighted by Gasteiger charge is 2.49. The minimum absolute atomic E-state index is 0.0575. The van der Waals surface area contributed by atoms with Crippen LogP contribution >= 0.6 is 0 Å². The Bertz CT molecular complexity index is 2460. The summed E-state index contributed by atoms with van der Waals surface area (Å²) in [6.07, 6.45) is 0.647. The molecule has 14 heteroatoms. The molecular weight excluding hydrogens is 741 g/mol. The van der Waals surface area contributed by atoms with Crippen LogP contribution in [0, 0.1) is 0 Å². The van der Waals surface area contributed by atoms with Crippen molar-refractivity contribution in [1.29, 1.82) is 0 Å². The van der Waals surface area contributed by atoms with Crippen molar-refractivity contribution in [1.82, 2.24) is 29.1 Å². The van der Waals surface area contributed by atoms with Gasteiger partial charge in [0.2, 0.25) is 11.8 Å². The largest absolute Gasteiger partial charge is 0.477 e. The summed E-state index contributed by atoms with van der Waals surface area (Å²) in [7, 11) is -1.95. The molecule has 0 amide bonds. The van der Waals surface area contributed by atoms with E-state index in [2.05, 4.69) is 10.2 Å². The van der Waals surface area contributed by atoms with Crippen LogP contribution in [0.4, 0.5) is 17.6 Å². The number of nitrogens with zero attached hydrogens (tertiary/aromatic N) is 6. The first-order valence-electron chi connectivity index (χ1n) is 18.3. The number of pyridine rings is 1. The number of hydrogen-bond acceptors (Lipinski definition) is 6. The molecule has 0 saturated carbocycles.